The summed E-state index contributed by atoms with van der Waals surface area (Å²) in [6.07, 6.45) is 1.82. The second-order valence-corrected chi connectivity index (χ2v) is 4.56. The maximum Gasteiger partial charge on any atom is 0.160 e. The predicted octanol–water partition coefficient (Wildman–Crippen LogP) is 2.68. The van der Waals surface area contributed by atoms with E-state index in [1.807, 2.05) is 18.3 Å². The third kappa shape index (κ3) is 2.17. The fraction of sp³-hybridized carbons (Fsp3) is 0.538. The lowest BCUT2D eigenvalue weighted by molar-refractivity contribution is 0.500. The summed E-state index contributed by atoms with van der Waals surface area (Å²) in [7, 11) is 0. The molecule has 0 saturated carbocycles. The molecule has 0 bridgehead atoms. The number of hydrogen-bond donors (Lipinski definition) is 1. The van der Waals surface area contributed by atoms with Gasteiger partial charge in [0.1, 0.15) is 11.3 Å². The van der Waals surface area contributed by atoms with Gasteiger partial charge in [0.15, 0.2) is 5.65 Å². The fourth-order valence-corrected chi connectivity index (χ4v) is 2.16. The van der Waals surface area contributed by atoms with Crippen molar-refractivity contribution in [2.24, 2.45) is 0 Å². The van der Waals surface area contributed by atoms with Crippen LogP contribution in [0.2, 0.25) is 0 Å². The Bertz CT molecular complexity index is 501. The van der Waals surface area contributed by atoms with Crippen LogP contribution in [-0.4, -0.2) is 21.1 Å². The first-order chi connectivity index (χ1) is 8.15. The van der Waals surface area contributed by atoms with E-state index in [9.17, 15) is 0 Å². The molecule has 0 amide bonds. The minimum absolute atomic E-state index is 0.247. The van der Waals surface area contributed by atoms with E-state index in [0.717, 1.165) is 23.5 Å². The van der Waals surface area contributed by atoms with E-state index in [1.54, 1.807) is 0 Å². The van der Waals surface area contributed by atoms with E-state index in [-0.39, 0.29) is 6.04 Å². The zero-order chi connectivity index (χ0) is 12.4. The highest BCUT2D eigenvalue weighted by Gasteiger charge is 2.18. The Hall–Kier alpha value is -1.42. The van der Waals surface area contributed by atoms with Crippen LogP contribution in [0.15, 0.2) is 18.3 Å². The van der Waals surface area contributed by atoms with Gasteiger partial charge in [-0.2, -0.15) is 0 Å². The SMILES string of the molecule is CCNC(C)c1nc2cccnc2n1C(C)C. The van der Waals surface area contributed by atoms with E-state index in [2.05, 4.69) is 42.6 Å². The number of hydrogen-bond acceptors (Lipinski definition) is 3. The van der Waals surface area contributed by atoms with Crippen molar-refractivity contribution in [2.75, 3.05) is 6.54 Å². The summed E-state index contributed by atoms with van der Waals surface area (Å²) in [6.45, 7) is 9.52. The number of imidazole rings is 1. The number of nitrogens with zero attached hydrogens (tertiary/aromatic N) is 3. The van der Waals surface area contributed by atoms with Crippen molar-refractivity contribution in [3.8, 4) is 0 Å². The Morgan fingerprint density at radius 2 is 2.12 bits per heavy atom. The van der Waals surface area contributed by atoms with Crippen LogP contribution in [0.1, 0.15) is 45.6 Å². The third-order valence-electron chi connectivity index (χ3n) is 2.89. The number of aromatic nitrogens is 3. The molecule has 0 spiro atoms. The van der Waals surface area contributed by atoms with Crippen molar-refractivity contribution < 1.29 is 0 Å². The first kappa shape index (κ1) is 12.0. The van der Waals surface area contributed by atoms with Crippen molar-refractivity contribution in [3.05, 3.63) is 24.2 Å². The zero-order valence-corrected chi connectivity index (χ0v) is 10.9. The molecule has 0 aromatic carbocycles. The van der Waals surface area contributed by atoms with Gasteiger partial charge < -0.3 is 9.88 Å². The van der Waals surface area contributed by atoms with Crippen molar-refractivity contribution in [1.29, 1.82) is 0 Å². The van der Waals surface area contributed by atoms with E-state index >= 15 is 0 Å². The van der Waals surface area contributed by atoms with Crippen LogP contribution in [0.25, 0.3) is 11.2 Å². The topological polar surface area (TPSA) is 42.7 Å². The minimum Gasteiger partial charge on any atom is -0.309 e. The molecule has 2 heterocycles. The van der Waals surface area contributed by atoms with Gasteiger partial charge in [0.05, 0.1) is 6.04 Å². The molecule has 2 rings (SSSR count). The highest BCUT2D eigenvalue weighted by Crippen LogP contribution is 2.23. The lowest BCUT2D eigenvalue weighted by Crippen LogP contribution is -2.22. The molecule has 0 aliphatic carbocycles. The average Bonchev–Trinajstić information content (AvgIpc) is 2.68. The normalized spacial score (nSPS) is 13.5. The monoisotopic (exact) mass is 232 g/mol. The first-order valence-electron chi connectivity index (χ1n) is 6.21. The number of pyridine rings is 1. The zero-order valence-electron chi connectivity index (χ0n) is 10.9. The van der Waals surface area contributed by atoms with Gasteiger partial charge in [-0.15, -0.1) is 0 Å². The van der Waals surface area contributed by atoms with Crippen LogP contribution in [0.4, 0.5) is 0 Å². The molecular formula is C13H20N4. The lowest BCUT2D eigenvalue weighted by atomic mass is 10.3. The van der Waals surface area contributed by atoms with Gasteiger partial charge in [0.2, 0.25) is 0 Å². The average molecular weight is 232 g/mol. The largest absolute Gasteiger partial charge is 0.309 e. The van der Waals surface area contributed by atoms with Gasteiger partial charge in [0.25, 0.3) is 0 Å². The summed E-state index contributed by atoms with van der Waals surface area (Å²) >= 11 is 0. The summed E-state index contributed by atoms with van der Waals surface area (Å²) in [4.78, 5) is 9.13. The summed E-state index contributed by atoms with van der Waals surface area (Å²) in [5.41, 5.74) is 1.95. The molecule has 2 aromatic rings. The van der Waals surface area contributed by atoms with Crippen LogP contribution in [0, 0.1) is 0 Å². The quantitative estimate of drug-likeness (QED) is 0.881. The highest BCUT2D eigenvalue weighted by molar-refractivity contribution is 5.71. The van der Waals surface area contributed by atoms with Crippen molar-refractivity contribution in [3.63, 3.8) is 0 Å². The number of rotatable bonds is 4. The van der Waals surface area contributed by atoms with Gasteiger partial charge in [-0.25, -0.2) is 9.97 Å². The van der Waals surface area contributed by atoms with Gasteiger partial charge in [-0.1, -0.05) is 6.92 Å². The Kier molecular flexibility index (Phi) is 3.43. The Labute approximate surface area is 102 Å². The van der Waals surface area contributed by atoms with Crippen molar-refractivity contribution in [2.45, 2.75) is 39.8 Å². The lowest BCUT2D eigenvalue weighted by Gasteiger charge is -2.17. The van der Waals surface area contributed by atoms with Crippen molar-refractivity contribution in [1.82, 2.24) is 19.9 Å². The second kappa shape index (κ2) is 4.84. The molecule has 1 atom stereocenters. The van der Waals surface area contributed by atoms with Crippen LogP contribution in [-0.2, 0) is 0 Å². The summed E-state index contributed by atoms with van der Waals surface area (Å²) in [5.74, 6) is 1.07. The van der Waals surface area contributed by atoms with Gasteiger partial charge in [-0.05, 0) is 39.4 Å². The smallest absolute Gasteiger partial charge is 0.160 e. The minimum atomic E-state index is 0.247. The van der Waals surface area contributed by atoms with Crippen LogP contribution < -0.4 is 5.32 Å². The van der Waals surface area contributed by atoms with E-state index in [1.165, 1.54) is 0 Å². The third-order valence-corrected chi connectivity index (χ3v) is 2.89. The van der Waals surface area contributed by atoms with E-state index in [4.69, 9.17) is 4.98 Å². The first-order valence-corrected chi connectivity index (χ1v) is 6.21. The Morgan fingerprint density at radius 1 is 1.35 bits per heavy atom. The van der Waals surface area contributed by atoms with Gasteiger partial charge >= 0.3 is 0 Å². The summed E-state index contributed by atoms with van der Waals surface area (Å²) < 4.78 is 2.21. The molecule has 0 aliphatic rings. The number of nitrogens with one attached hydrogen (secondary N) is 1. The van der Waals surface area contributed by atoms with Gasteiger partial charge in [0, 0.05) is 12.2 Å². The van der Waals surface area contributed by atoms with E-state index in [0.29, 0.717) is 6.04 Å². The van der Waals surface area contributed by atoms with Crippen LogP contribution >= 0.6 is 0 Å². The molecule has 1 unspecified atom stereocenters. The van der Waals surface area contributed by atoms with Crippen molar-refractivity contribution >= 4 is 11.2 Å². The highest BCUT2D eigenvalue weighted by atomic mass is 15.2. The molecule has 0 radical (unpaired) electrons. The van der Waals surface area contributed by atoms with Gasteiger partial charge in [-0.3, -0.25) is 0 Å². The molecule has 1 N–H and O–H groups in total. The molecule has 4 nitrogen and oxygen atoms in total. The number of fused-ring (bicyclic) bond motifs is 1. The summed E-state index contributed by atoms with van der Waals surface area (Å²) in [5, 5.41) is 3.41. The Balaban J connectivity index is 2.57. The van der Waals surface area contributed by atoms with Crippen LogP contribution in [0.5, 0.6) is 0 Å². The molecular weight excluding hydrogens is 212 g/mol. The molecule has 2 aromatic heterocycles. The fourth-order valence-electron chi connectivity index (χ4n) is 2.16. The predicted molar refractivity (Wildman–Crippen MR) is 70.0 cm³/mol. The standard InChI is InChI=1S/C13H20N4/c1-5-14-10(4)12-16-11-7-6-8-15-13(11)17(12)9(2)3/h6-10,14H,5H2,1-4H3. The maximum absolute atomic E-state index is 4.69. The second-order valence-electron chi connectivity index (χ2n) is 4.56. The molecule has 0 saturated heterocycles. The molecule has 0 fully saturated rings. The van der Waals surface area contributed by atoms with E-state index < -0.39 is 0 Å². The molecule has 0 aliphatic heterocycles. The summed E-state index contributed by atoms with van der Waals surface area (Å²) in [6, 6.07) is 4.56. The molecule has 17 heavy (non-hydrogen) atoms. The van der Waals surface area contributed by atoms with Crippen LogP contribution in [0.3, 0.4) is 0 Å². The maximum atomic E-state index is 4.69. The molecule has 92 valence electrons. The molecule has 4 heteroatoms. The Morgan fingerprint density at radius 3 is 2.76 bits per heavy atom.